The summed E-state index contributed by atoms with van der Waals surface area (Å²) in [5, 5.41) is 5.96. The van der Waals surface area contributed by atoms with Gasteiger partial charge in [-0.05, 0) is 26.0 Å². The SMILES string of the molecule is CCOc1cc(NC(=O)c2ccccc2)c(OCC)cc1NC. The highest BCUT2D eigenvalue weighted by atomic mass is 16.5. The van der Waals surface area contributed by atoms with E-state index in [0.717, 1.165) is 5.69 Å². The van der Waals surface area contributed by atoms with E-state index in [1.54, 1.807) is 18.2 Å². The zero-order chi connectivity index (χ0) is 16.7. The standard InChI is InChI=1S/C18H22N2O3/c1-4-22-16-12-15(17(23-5-2)11-14(16)19-3)20-18(21)13-9-7-6-8-10-13/h6-12,19H,4-5H2,1-3H3,(H,20,21). The van der Waals surface area contributed by atoms with Gasteiger partial charge in [0.15, 0.2) is 0 Å². The quantitative estimate of drug-likeness (QED) is 0.816. The lowest BCUT2D eigenvalue weighted by Crippen LogP contribution is -2.13. The Balaban J connectivity index is 2.34. The van der Waals surface area contributed by atoms with Crippen molar-refractivity contribution in [3.8, 4) is 11.5 Å². The van der Waals surface area contributed by atoms with Crippen LogP contribution in [0, 0.1) is 0 Å². The van der Waals surface area contributed by atoms with E-state index in [0.29, 0.717) is 36.0 Å². The Morgan fingerprint density at radius 2 is 1.52 bits per heavy atom. The van der Waals surface area contributed by atoms with Crippen LogP contribution in [0.4, 0.5) is 11.4 Å². The third-order valence-electron chi connectivity index (χ3n) is 3.23. The number of hydrogen-bond acceptors (Lipinski definition) is 4. The molecule has 122 valence electrons. The molecule has 0 aliphatic rings. The van der Waals surface area contributed by atoms with Crippen molar-refractivity contribution in [3.63, 3.8) is 0 Å². The number of amides is 1. The van der Waals surface area contributed by atoms with Crippen LogP contribution >= 0.6 is 0 Å². The molecule has 2 aromatic carbocycles. The normalized spacial score (nSPS) is 10.0. The van der Waals surface area contributed by atoms with Crippen LogP contribution in [0.1, 0.15) is 24.2 Å². The monoisotopic (exact) mass is 314 g/mol. The number of anilines is 2. The molecule has 2 N–H and O–H groups in total. The van der Waals surface area contributed by atoms with Gasteiger partial charge in [-0.2, -0.15) is 0 Å². The molecule has 2 aromatic rings. The highest BCUT2D eigenvalue weighted by Gasteiger charge is 2.14. The molecule has 0 saturated carbocycles. The summed E-state index contributed by atoms with van der Waals surface area (Å²) in [5.41, 5.74) is 1.99. The first-order valence-corrected chi connectivity index (χ1v) is 7.67. The van der Waals surface area contributed by atoms with E-state index in [9.17, 15) is 4.79 Å². The van der Waals surface area contributed by atoms with Crippen LogP contribution in [0.15, 0.2) is 42.5 Å². The fourth-order valence-electron chi connectivity index (χ4n) is 2.19. The van der Waals surface area contributed by atoms with Crippen LogP contribution in [0.2, 0.25) is 0 Å². The van der Waals surface area contributed by atoms with Gasteiger partial charge in [-0.1, -0.05) is 18.2 Å². The predicted molar refractivity (Wildman–Crippen MR) is 92.7 cm³/mol. The van der Waals surface area contributed by atoms with Crippen molar-refractivity contribution in [2.75, 3.05) is 30.9 Å². The Hall–Kier alpha value is -2.69. The van der Waals surface area contributed by atoms with Crippen LogP contribution < -0.4 is 20.1 Å². The topological polar surface area (TPSA) is 59.6 Å². The van der Waals surface area contributed by atoms with E-state index >= 15 is 0 Å². The van der Waals surface area contributed by atoms with Crippen molar-refractivity contribution in [1.82, 2.24) is 0 Å². The first-order chi connectivity index (χ1) is 11.2. The molecule has 0 atom stereocenters. The predicted octanol–water partition coefficient (Wildman–Crippen LogP) is 3.78. The number of rotatable bonds is 7. The third kappa shape index (κ3) is 4.16. The zero-order valence-corrected chi connectivity index (χ0v) is 13.7. The molecule has 0 bridgehead atoms. The summed E-state index contributed by atoms with van der Waals surface area (Å²) in [4.78, 5) is 12.4. The molecule has 0 heterocycles. The van der Waals surface area contributed by atoms with Gasteiger partial charge in [-0.3, -0.25) is 4.79 Å². The summed E-state index contributed by atoms with van der Waals surface area (Å²) in [7, 11) is 1.82. The van der Waals surface area contributed by atoms with Gasteiger partial charge < -0.3 is 20.1 Å². The number of carbonyl (C=O) groups is 1. The van der Waals surface area contributed by atoms with E-state index in [1.165, 1.54) is 0 Å². The first kappa shape index (κ1) is 16.7. The van der Waals surface area contributed by atoms with E-state index in [2.05, 4.69) is 10.6 Å². The van der Waals surface area contributed by atoms with Crippen molar-refractivity contribution in [1.29, 1.82) is 0 Å². The molecule has 0 aromatic heterocycles. The molecule has 0 spiro atoms. The maximum atomic E-state index is 12.4. The maximum absolute atomic E-state index is 12.4. The van der Waals surface area contributed by atoms with Crippen molar-refractivity contribution >= 4 is 17.3 Å². The maximum Gasteiger partial charge on any atom is 0.255 e. The van der Waals surface area contributed by atoms with Crippen molar-refractivity contribution in [2.24, 2.45) is 0 Å². The molecule has 0 unspecified atom stereocenters. The fraction of sp³-hybridized carbons (Fsp3) is 0.278. The Labute approximate surface area is 136 Å². The Bertz CT molecular complexity index is 657. The fourth-order valence-corrected chi connectivity index (χ4v) is 2.19. The van der Waals surface area contributed by atoms with Gasteiger partial charge in [0, 0.05) is 24.7 Å². The summed E-state index contributed by atoms with van der Waals surface area (Å²) in [6, 6.07) is 12.7. The molecule has 5 nitrogen and oxygen atoms in total. The van der Waals surface area contributed by atoms with Crippen molar-refractivity contribution < 1.29 is 14.3 Å². The second-order valence-corrected chi connectivity index (χ2v) is 4.78. The Morgan fingerprint density at radius 3 is 2.09 bits per heavy atom. The molecule has 0 aliphatic carbocycles. The molecule has 2 rings (SSSR count). The summed E-state index contributed by atoms with van der Waals surface area (Å²) in [6.07, 6.45) is 0. The second kappa shape index (κ2) is 8.08. The first-order valence-electron chi connectivity index (χ1n) is 7.67. The highest BCUT2D eigenvalue weighted by molar-refractivity contribution is 6.05. The molecule has 0 saturated heterocycles. The van der Waals surface area contributed by atoms with Crippen LogP contribution in [-0.4, -0.2) is 26.2 Å². The van der Waals surface area contributed by atoms with Crippen molar-refractivity contribution in [3.05, 3.63) is 48.0 Å². The number of hydrogen-bond donors (Lipinski definition) is 2. The molecule has 0 fully saturated rings. The average molecular weight is 314 g/mol. The van der Waals surface area contributed by atoms with E-state index in [4.69, 9.17) is 9.47 Å². The smallest absolute Gasteiger partial charge is 0.255 e. The van der Waals surface area contributed by atoms with E-state index < -0.39 is 0 Å². The van der Waals surface area contributed by atoms with Gasteiger partial charge in [0.05, 0.1) is 24.6 Å². The van der Waals surface area contributed by atoms with E-state index in [1.807, 2.05) is 45.2 Å². The number of nitrogens with one attached hydrogen (secondary N) is 2. The summed E-state index contributed by atoms with van der Waals surface area (Å²) >= 11 is 0. The summed E-state index contributed by atoms with van der Waals surface area (Å²) < 4.78 is 11.3. The number of benzene rings is 2. The molecular weight excluding hydrogens is 292 g/mol. The minimum absolute atomic E-state index is 0.189. The number of ether oxygens (including phenoxy) is 2. The lowest BCUT2D eigenvalue weighted by Gasteiger charge is -2.17. The molecule has 1 amide bonds. The van der Waals surface area contributed by atoms with Gasteiger partial charge >= 0.3 is 0 Å². The lowest BCUT2D eigenvalue weighted by molar-refractivity contribution is 0.102. The molecule has 5 heteroatoms. The average Bonchev–Trinajstić information content (AvgIpc) is 2.58. The molecule has 0 aliphatic heterocycles. The molecule has 0 radical (unpaired) electrons. The van der Waals surface area contributed by atoms with Crippen molar-refractivity contribution in [2.45, 2.75) is 13.8 Å². The second-order valence-electron chi connectivity index (χ2n) is 4.78. The lowest BCUT2D eigenvalue weighted by atomic mass is 10.2. The van der Waals surface area contributed by atoms with Gasteiger partial charge in [0.1, 0.15) is 11.5 Å². The Morgan fingerprint density at radius 1 is 0.957 bits per heavy atom. The van der Waals surface area contributed by atoms with Crippen LogP contribution in [0.5, 0.6) is 11.5 Å². The van der Waals surface area contributed by atoms with Gasteiger partial charge in [-0.25, -0.2) is 0 Å². The largest absolute Gasteiger partial charge is 0.492 e. The van der Waals surface area contributed by atoms with Crippen LogP contribution in [-0.2, 0) is 0 Å². The minimum atomic E-state index is -0.189. The van der Waals surface area contributed by atoms with Gasteiger partial charge in [0.25, 0.3) is 5.91 Å². The van der Waals surface area contributed by atoms with Gasteiger partial charge in [0.2, 0.25) is 0 Å². The highest BCUT2D eigenvalue weighted by Crippen LogP contribution is 2.36. The van der Waals surface area contributed by atoms with E-state index in [-0.39, 0.29) is 5.91 Å². The minimum Gasteiger partial charge on any atom is -0.492 e. The van der Waals surface area contributed by atoms with Gasteiger partial charge in [-0.15, -0.1) is 0 Å². The van der Waals surface area contributed by atoms with Crippen LogP contribution in [0.3, 0.4) is 0 Å². The molecule has 23 heavy (non-hydrogen) atoms. The van der Waals surface area contributed by atoms with Crippen LogP contribution in [0.25, 0.3) is 0 Å². The zero-order valence-electron chi connectivity index (χ0n) is 13.7. The Kier molecular flexibility index (Phi) is 5.86. The summed E-state index contributed by atoms with van der Waals surface area (Å²) in [5.74, 6) is 1.08. The number of carbonyl (C=O) groups excluding carboxylic acids is 1. The molecular formula is C18H22N2O3. The summed E-state index contributed by atoms with van der Waals surface area (Å²) in [6.45, 7) is 4.86. The third-order valence-corrected chi connectivity index (χ3v) is 3.23.